The van der Waals surface area contributed by atoms with Crippen LogP contribution < -0.4 is 19.1 Å². The van der Waals surface area contributed by atoms with E-state index in [4.69, 9.17) is 9.47 Å². The molecular weight excluding hydrogens is 404 g/mol. The maximum absolute atomic E-state index is 12.3. The first-order valence-electron chi connectivity index (χ1n) is 9.97. The van der Waals surface area contributed by atoms with E-state index in [-0.39, 0.29) is 24.9 Å². The Morgan fingerprint density at radius 3 is 2.43 bits per heavy atom. The number of sulfonamides is 1. The van der Waals surface area contributed by atoms with Crippen LogP contribution >= 0.6 is 0 Å². The van der Waals surface area contributed by atoms with E-state index in [1.165, 1.54) is 4.31 Å². The van der Waals surface area contributed by atoms with Crippen LogP contribution in [0, 0.1) is 6.92 Å². The van der Waals surface area contributed by atoms with Gasteiger partial charge in [0.25, 0.3) is 0 Å². The lowest BCUT2D eigenvalue weighted by Crippen LogP contribution is -2.32. The molecule has 2 aromatic carbocycles. The molecule has 1 heterocycles. The smallest absolute Gasteiger partial charge is 0.232 e. The fraction of sp³-hybridized carbons (Fsp3) is 0.409. The number of hydrogen-bond acceptors (Lipinski definition) is 5. The van der Waals surface area contributed by atoms with Gasteiger partial charge < -0.3 is 14.8 Å². The second kappa shape index (κ2) is 9.38. The number of amides is 1. The van der Waals surface area contributed by atoms with Crippen molar-refractivity contribution in [3.8, 4) is 11.5 Å². The van der Waals surface area contributed by atoms with Crippen LogP contribution in [0.15, 0.2) is 42.5 Å². The highest BCUT2D eigenvalue weighted by molar-refractivity contribution is 7.92. The highest BCUT2D eigenvalue weighted by Crippen LogP contribution is 2.34. The predicted molar refractivity (Wildman–Crippen MR) is 117 cm³/mol. The first kappa shape index (κ1) is 22.0. The van der Waals surface area contributed by atoms with Gasteiger partial charge in [0.15, 0.2) is 11.5 Å². The third-order valence-corrected chi connectivity index (χ3v) is 6.13. The number of ether oxygens (including phenoxy) is 2. The molecule has 8 heteroatoms. The van der Waals surface area contributed by atoms with Crippen molar-refractivity contribution in [3.05, 3.63) is 53.6 Å². The molecule has 0 saturated carbocycles. The van der Waals surface area contributed by atoms with Crippen molar-refractivity contribution in [3.63, 3.8) is 0 Å². The van der Waals surface area contributed by atoms with Gasteiger partial charge in [-0.05, 0) is 38.0 Å². The lowest BCUT2D eigenvalue weighted by Gasteiger charge is -2.25. The number of aryl methyl sites for hydroxylation is 1. The van der Waals surface area contributed by atoms with E-state index < -0.39 is 10.0 Å². The lowest BCUT2D eigenvalue weighted by atomic mass is 10.1. The van der Waals surface area contributed by atoms with Crippen molar-refractivity contribution < 1.29 is 22.7 Å². The Hall–Kier alpha value is -2.74. The van der Waals surface area contributed by atoms with Gasteiger partial charge in [-0.1, -0.05) is 29.8 Å². The Bertz CT molecular complexity index is 989. The molecule has 0 fully saturated rings. The van der Waals surface area contributed by atoms with Crippen molar-refractivity contribution in [2.75, 3.05) is 30.3 Å². The molecule has 0 bridgehead atoms. The topological polar surface area (TPSA) is 84.9 Å². The van der Waals surface area contributed by atoms with Crippen LogP contribution in [-0.4, -0.2) is 40.3 Å². The fourth-order valence-corrected chi connectivity index (χ4v) is 4.27. The summed E-state index contributed by atoms with van der Waals surface area (Å²) in [6.45, 7) is 5.04. The van der Waals surface area contributed by atoms with Gasteiger partial charge in [-0.15, -0.1) is 0 Å². The average molecular weight is 433 g/mol. The average Bonchev–Trinajstić information content (AvgIpc) is 2.70. The second-order valence-electron chi connectivity index (χ2n) is 7.47. The Kier molecular flexibility index (Phi) is 6.87. The number of rotatable bonds is 8. The van der Waals surface area contributed by atoms with Crippen LogP contribution in [0.4, 0.5) is 5.69 Å². The van der Waals surface area contributed by atoms with Gasteiger partial charge in [-0.2, -0.15) is 0 Å². The van der Waals surface area contributed by atoms with E-state index in [1.807, 2.05) is 38.1 Å². The van der Waals surface area contributed by atoms with Gasteiger partial charge in [-0.3, -0.25) is 9.10 Å². The molecule has 1 aliphatic rings. The fourth-order valence-electron chi connectivity index (χ4n) is 3.31. The van der Waals surface area contributed by atoms with Gasteiger partial charge in [-0.25, -0.2) is 8.42 Å². The van der Waals surface area contributed by atoms with Crippen molar-refractivity contribution in [1.82, 2.24) is 5.32 Å². The van der Waals surface area contributed by atoms with Crippen LogP contribution in [-0.2, 0) is 14.8 Å². The Balaban J connectivity index is 1.59. The minimum Gasteiger partial charge on any atom is -0.486 e. The molecule has 7 nitrogen and oxygen atoms in total. The molecule has 1 atom stereocenters. The summed E-state index contributed by atoms with van der Waals surface area (Å²) < 4.78 is 37.0. The summed E-state index contributed by atoms with van der Waals surface area (Å²) in [4.78, 5) is 12.3. The zero-order chi connectivity index (χ0) is 21.7. The molecule has 3 rings (SSSR count). The van der Waals surface area contributed by atoms with E-state index in [2.05, 4.69) is 5.32 Å². The maximum atomic E-state index is 12.3. The molecule has 0 radical (unpaired) electrons. The maximum Gasteiger partial charge on any atom is 0.232 e. The predicted octanol–water partition coefficient (Wildman–Crippen LogP) is 3.19. The molecule has 30 heavy (non-hydrogen) atoms. The molecular formula is C22H28N2O5S. The van der Waals surface area contributed by atoms with E-state index in [9.17, 15) is 13.2 Å². The van der Waals surface area contributed by atoms with Gasteiger partial charge in [0.1, 0.15) is 13.2 Å². The molecule has 162 valence electrons. The van der Waals surface area contributed by atoms with Gasteiger partial charge >= 0.3 is 0 Å². The van der Waals surface area contributed by atoms with Crippen LogP contribution in [0.25, 0.3) is 0 Å². The van der Waals surface area contributed by atoms with Crippen LogP contribution in [0.5, 0.6) is 11.5 Å². The molecule has 1 N–H and O–H groups in total. The third-order valence-electron chi connectivity index (χ3n) is 4.93. The summed E-state index contributed by atoms with van der Waals surface area (Å²) in [6.07, 6.45) is 1.78. The van der Waals surface area contributed by atoms with Gasteiger partial charge in [0.2, 0.25) is 15.9 Å². The Morgan fingerprint density at radius 2 is 1.77 bits per heavy atom. The molecule has 0 aromatic heterocycles. The standard InChI is InChI=1S/C22H28N2O5S/c1-16-6-8-18(9-7-16)17(2)23-22(25)5-4-12-24(30(3,26)27)19-10-11-20-21(15-19)29-14-13-28-20/h6-11,15,17H,4-5,12-14H2,1-3H3,(H,23,25). The molecule has 0 aliphatic carbocycles. The van der Waals surface area contributed by atoms with E-state index in [0.717, 1.165) is 17.4 Å². The molecule has 0 saturated heterocycles. The summed E-state index contributed by atoms with van der Waals surface area (Å²) in [5, 5.41) is 2.97. The summed E-state index contributed by atoms with van der Waals surface area (Å²) in [7, 11) is -3.51. The molecule has 1 aliphatic heterocycles. The highest BCUT2D eigenvalue weighted by atomic mass is 32.2. The van der Waals surface area contributed by atoms with E-state index >= 15 is 0 Å². The summed E-state index contributed by atoms with van der Waals surface area (Å²) in [5.41, 5.74) is 2.69. The first-order valence-corrected chi connectivity index (χ1v) is 11.8. The third kappa shape index (κ3) is 5.66. The molecule has 1 unspecified atom stereocenters. The zero-order valence-electron chi connectivity index (χ0n) is 17.6. The number of carbonyl (C=O) groups excluding carboxylic acids is 1. The number of benzene rings is 2. The minimum atomic E-state index is -3.51. The highest BCUT2D eigenvalue weighted by Gasteiger charge is 2.21. The molecule has 1 amide bonds. The Labute approximate surface area is 178 Å². The van der Waals surface area contributed by atoms with Crippen molar-refractivity contribution >= 4 is 21.6 Å². The molecule has 0 spiro atoms. The SMILES string of the molecule is Cc1ccc(C(C)NC(=O)CCCN(c2ccc3c(c2)OCCO3)S(C)(=O)=O)cc1. The number of hydrogen-bond donors (Lipinski definition) is 1. The van der Waals surface area contributed by atoms with Crippen molar-refractivity contribution in [1.29, 1.82) is 0 Å². The monoisotopic (exact) mass is 432 g/mol. The van der Waals surface area contributed by atoms with Crippen LogP contribution in [0.2, 0.25) is 0 Å². The normalized spacial score (nSPS) is 14.1. The first-order chi connectivity index (χ1) is 14.2. The van der Waals surface area contributed by atoms with Crippen LogP contribution in [0.1, 0.15) is 36.9 Å². The molecule has 2 aromatic rings. The number of carbonyl (C=O) groups is 1. The van der Waals surface area contributed by atoms with Crippen molar-refractivity contribution in [2.24, 2.45) is 0 Å². The minimum absolute atomic E-state index is 0.109. The second-order valence-corrected chi connectivity index (χ2v) is 9.37. The summed E-state index contributed by atoms with van der Waals surface area (Å²) in [5.74, 6) is 1.01. The quantitative estimate of drug-likeness (QED) is 0.693. The summed E-state index contributed by atoms with van der Waals surface area (Å²) in [6, 6.07) is 13.0. The van der Waals surface area contributed by atoms with E-state index in [0.29, 0.717) is 36.8 Å². The zero-order valence-corrected chi connectivity index (χ0v) is 18.4. The lowest BCUT2D eigenvalue weighted by molar-refractivity contribution is -0.121. The summed E-state index contributed by atoms with van der Waals surface area (Å²) >= 11 is 0. The van der Waals surface area contributed by atoms with Gasteiger partial charge in [0.05, 0.1) is 18.0 Å². The Morgan fingerprint density at radius 1 is 1.10 bits per heavy atom. The number of fused-ring (bicyclic) bond motifs is 1. The number of nitrogens with zero attached hydrogens (tertiary/aromatic N) is 1. The number of nitrogens with one attached hydrogen (secondary N) is 1. The van der Waals surface area contributed by atoms with Gasteiger partial charge in [0, 0.05) is 19.0 Å². The van der Waals surface area contributed by atoms with Crippen LogP contribution in [0.3, 0.4) is 0 Å². The van der Waals surface area contributed by atoms with Crippen molar-refractivity contribution in [2.45, 2.75) is 32.7 Å². The largest absolute Gasteiger partial charge is 0.486 e. The van der Waals surface area contributed by atoms with E-state index in [1.54, 1.807) is 18.2 Å². The number of anilines is 1.